The fourth-order valence-corrected chi connectivity index (χ4v) is 4.02. The van der Waals surface area contributed by atoms with E-state index in [0.717, 1.165) is 27.4 Å². The number of carbonyl (C=O) groups is 1. The topological polar surface area (TPSA) is 35.5 Å². The van der Waals surface area contributed by atoms with Gasteiger partial charge in [0.1, 0.15) is 0 Å². The molecule has 3 nitrogen and oxygen atoms in total. The molecule has 102 valence electrons. The van der Waals surface area contributed by atoms with Crippen LogP contribution in [0.3, 0.4) is 0 Å². The van der Waals surface area contributed by atoms with Crippen molar-refractivity contribution in [3.8, 4) is 0 Å². The van der Waals surface area contributed by atoms with E-state index < -0.39 is 8.38 Å². The monoisotopic (exact) mass is 296 g/mol. The third kappa shape index (κ3) is 3.83. The zero-order valence-corrected chi connectivity index (χ0v) is 12.8. The molecule has 0 saturated carbocycles. The molecule has 0 atom stereocenters. The Morgan fingerprint density at radius 3 is 2.58 bits per heavy atom. The molecule has 0 aliphatic rings. The van der Waals surface area contributed by atoms with Crippen LogP contribution in [-0.4, -0.2) is 19.5 Å². The van der Waals surface area contributed by atoms with Gasteiger partial charge in [-0.3, -0.25) is 4.79 Å². The van der Waals surface area contributed by atoms with Crippen molar-refractivity contribution in [1.29, 1.82) is 0 Å². The van der Waals surface area contributed by atoms with Gasteiger partial charge in [0.15, 0.2) is 14.7 Å². The smallest absolute Gasteiger partial charge is 0.175 e. The first-order chi connectivity index (χ1) is 9.26. The number of hydrogen-bond donors (Lipinski definition) is 0. The zero-order valence-electron chi connectivity index (χ0n) is 11.1. The number of fused-ring (bicyclic) bond motifs is 1. The second-order valence-corrected chi connectivity index (χ2v) is 6.58. The normalized spacial score (nSPS) is 11.3. The standard InChI is InChI=1S/C14H17O3PS/c1-3-16-18(17-4-2)10-11-5-6-14-12(7-11)8-13(9-15)19-14/h5-9H,3-4,10H2,1-2H3. The Labute approximate surface area is 118 Å². The molecule has 0 radical (unpaired) electrons. The maximum atomic E-state index is 10.8. The van der Waals surface area contributed by atoms with Crippen LogP contribution >= 0.6 is 19.7 Å². The van der Waals surface area contributed by atoms with Crippen LogP contribution in [0.15, 0.2) is 24.3 Å². The van der Waals surface area contributed by atoms with E-state index in [1.807, 2.05) is 19.9 Å². The summed E-state index contributed by atoms with van der Waals surface area (Å²) in [5.41, 5.74) is 1.19. The van der Waals surface area contributed by atoms with E-state index in [2.05, 4.69) is 18.2 Å². The molecule has 1 aromatic carbocycles. The molecule has 0 bridgehead atoms. The molecule has 0 aliphatic heterocycles. The lowest BCUT2D eigenvalue weighted by atomic mass is 10.2. The van der Waals surface area contributed by atoms with Gasteiger partial charge in [0.2, 0.25) is 0 Å². The first-order valence-electron chi connectivity index (χ1n) is 6.27. The van der Waals surface area contributed by atoms with Crippen molar-refractivity contribution in [3.05, 3.63) is 34.7 Å². The van der Waals surface area contributed by atoms with Crippen LogP contribution in [0.4, 0.5) is 0 Å². The van der Waals surface area contributed by atoms with Gasteiger partial charge in [-0.25, -0.2) is 0 Å². The van der Waals surface area contributed by atoms with Crippen molar-refractivity contribution < 1.29 is 13.8 Å². The molecule has 2 rings (SSSR count). The molecular weight excluding hydrogens is 279 g/mol. The Balaban J connectivity index is 2.17. The number of benzene rings is 1. The average molecular weight is 296 g/mol. The van der Waals surface area contributed by atoms with Gasteiger partial charge in [-0.2, -0.15) is 0 Å². The predicted molar refractivity (Wildman–Crippen MR) is 81.1 cm³/mol. The minimum atomic E-state index is -0.855. The zero-order chi connectivity index (χ0) is 13.7. The molecule has 0 saturated heterocycles. The third-order valence-electron chi connectivity index (χ3n) is 2.57. The van der Waals surface area contributed by atoms with E-state index in [9.17, 15) is 4.79 Å². The molecule has 0 fully saturated rings. The van der Waals surface area contributed by atoms with Crippen LogP contribution < -0.4 is 0 Å². The third-order valence-corrected chi connectivity index (χ3v) is 5.33. The fraction of sp³-hybridized carbons (Fsp3) is 0.357. The van der Waals surface area contributed by atoms with Crippen LogP contribution in [-0.2, 0) is 15.2 Å². The maximum Gasteiger partial charge on any atom is 0.175 e. The van der Waals surface area contributed by atoms with Crippen LogP contribution in [0.2, 0.25) is 0 Å². The Morgan fingerprint density at radius 2 is 1.95 bits per heavy atom. The molecule has 0 unspecified atom stereocenters. The van der Waals surface area contributed by atoms with E-state index in [-0.39, 0.29) is 0 Å². The molecule has 0 N–H and O–H groups in total. The van der Waals surface area contributed by atoms with Gasteiger partial charge in [0.25, 0.3) is 0 Å². The summed E-state index contributed by atoms with van der Waals surface area (Å²) in [4.78, 5) is 11.6. The van der Waals surface area contributed by atoms with Crippen molar-refractivity contribution in [2.45, 2.75) is 20.0 Å². The molecule has 5 heteroatoms. The first-order valence-corrected chi connectivity index (χ1v) is 8.45. The van der Waals surface area contributed by atoms with Crippen molar-refractivity contribution in [3.63, 3.8) is 0 Å². The summed E-state index contributed by atoms with van der Waals surface area (Å²) in [6, 6.07) is 8.20. The minimum Gasteiger partial charge on any atom is -0.334 e. The second kappa shape index (κ2) is 7.11. The van der Waals surface area contributed by atoms with Gasteiger partial charge in [-0.05, 0) is 43.0 Å². The highest BCUT2D eigenvalue weighted by molar-refractivity contribution is 7.46. The van der Waals surface area contributed by atoms with Crippen LogP contribution in [0.25, 0.3) is 10.1 Å². The lowest BCUT2D eigenvalue weighted by molar-refractivity contribution is 0.112. The second-order valence-electron chi connectivity index (χ2n) is 3.97. The molecule has 19 heavy (non-hydrogen) atoms. The Kier molecular flexibility index (Phi) is 5.46. The number of rotatable bonds is 7. The Morgan fingerprint density at radius 1 is 1.21 bits per heavy atom. The number of thiophene rings is 1. The van der Waals surface area contributed by atoms with Gasteiger partial charge < -0.3 is 9.05 Å². The molecule has 1 heterocycles. The maximum absolute atomic E-state index is 10.8. The van der Waals surface area contributed by atoms with Gasteiger partial charge >= 0.3 is 0 Å². The Hall–Kier alpha value is -0.800. The largest absolute Gasteiger partial charge is 0.334 e. The lowest BCUT2D eigenvalue weighted by Gasteiger charge is -2.15. The van der Waals surface area contributed by atoms with Gasteiger partial charge in [-0.15, -0.1) is 11.3 Å². The molecule has 0 amide bonds. The summed E-state index contributed by atoms with van der Waals surface area (Å²) in [6.07, 6.45) is 1.69. The van der Waals surface area contributed by atoms with Crippen molar-refractivity contribution in [2.24, 2.45) is 0 Å². The number of carbonyl (C=O) groups excluding carboxylic acids is 1. The van der Waals surface area contributed by atoms with Crippen molar-refractivity contribution in [1.82, 2.24) is 0 Å². The highest BCUT2D eigenvalue weighted by Crippen LogP contribution is 2.42. The van der Waals surface area contributed by atoms with E-state index in [1.54, 1.807) is 0 Å². The van der Waals surface area contributed by atoms with Crippen LogP contribution in [0.5, 0.6) is 0 Å². The SMILES string of the molecule is CCOP(Cc1ccc2sc(C=O)cc2c1)OCC. The summed E-state index contributed by atoms with van der Waals surface area (Å²) in [5, 5.41) is 1.12. The summed E-state index contributed by atoms with van der Waals surface area (Å²) >= 11 is 1.52. The van der Waals surface area contributed by atoms with E-state index in [4.69, 9.17) is 9.05 Å². The molecule has 0 aliphatic carbocycles. The Bertz CT molecular complexity index is 547. The van der Waals surface area contributed by atoms with E-state index in [0.29, 0.717) is 13.2 Å². The molecule has 1 aromatic heterocycles. The summed E-state index contributed by atoms with van der Waals surface area (Å²) < 4.78 is 12.4. The fourth-order valence-electron chi connectivity index (χ4n) is 1.84. The highest BCUT2D eigenvalue weighted by atomic mass is 32.1. The molecule has 2 aromatic rings. The number of hydrogen-bond acceptors (Lipinski definition) is 4. The summed E-state index contributed by atoms with van der Waals surface area (Å²) in [7, 11) is -0.855. The van der Waals surface area contributed by atoms with Crippen LogP contribution in [0.1, 0.15) is 29.1 Å². The first kappa shape index (κ1) is 14.6. The van der Waals surface area contributed by atoms with E-state index >= 15 is 0 Å². The molecule has 0 spiro atoms. The number of aldehydes is 1. The van der Waals surface area contributed by atoms with Gasteiger partial charge in [-0.1, -0.05) is 6.07 Å². The molecular formula is C14H17O3PS. The van der Waals surface area contributed by atoms with Crippen LogP contribution in [0, 0.1) is 0 Å². The lowest BCUT2D eigenvalue weighted by Crippen LogP contribution is -1.94. The summed E-state index contributed by atoms with van der Waals surface area (Å²) in [6.45, 7) is 5.29. The van der Waals surface area contributed by atoms with E-state index in [1.165, 1.54) is 16.9 Å². The van der Waals surface area contributed by atoms with Gasteiger partial charge in [0.05, 0.1) is 18.1 Å². The highest BCUT2D eigenvalue weighted by Gasteiger charge is 2.11. The van der Waals surface area contributed by atoms with Crippen molar-refractivity contribution >= 4 is 36.1 Å². The minimum absolute atomic E-state index is 0.668. The average Bonchev–Trinajstić information content (AvgIpc) is 2.81. The summed E-state index contributed by atoms with van der Waals surface area (Å²) in [5.74, 6) is 0. The van der Waals surface area contributed by atoms with Crippen molar-refractivity contribution in [2.75, 3.05) is 13.2 Å². The quantitative estimate of drug-likeness (QED) is 0.553. The predicted octanol–water partition coefficient (Wildman–Crippen LogP) is 4.60. The van der Waals surface area contributed by atoms with Gasteiger partial charge in [0, 0.05) is 10.9 Å².